The maximum Gasteiger partial charge on any atom is 0.228 e. The number of hydrogen-bond acceptors (Lipinski definition) is 4. The predicted molar refractivity (Wildman–Crippen MR) is 103 cm³/mol. The van der Waals surface area contributed by atoms with Gasteiger partial charge >= 0.3 is 0 Å². The Kier molecular flexibility index (Phi) is 4.81. The van der Waals surface area contributed by atoms with Gasteiger partial charge in [-0.05, 0) is 44.2 Å². The van der Waals surface area contributed by atoms with Crippen LogP contribution in [-0.2, 0) is 11.2 Å². The van der Waals surface area contributed by atoms with E-state index in [0.717, 1.165) is 37.8 Å². The zero-order valence-corrected chi connectivity index (χ0v) is 16.1. The maximum absolute atomic E-state index is 12.9. The van der Waals surface area contributed by atoms with Crippen LogP contribution in [0.3, 0.4) is 0 Å². The third-order valence-corrected chi connectivity index (χ3v) is 6.51. The molecule has 0 radical (unpaired) electrons. The van der Waals surface area contributed by atoms with Crippen LogP contribution in [0, 0.1) is 18.8 Å². The highest BCUT2D eigenvalue weighted by atomic mass is 16.4. The van der Waals surface area contributed by atoms with Crippen molar-refractivity contribution in [2.45, 2.75) is 51.6 Å². The van der Waals surface area contributed by atoms with Crippen LogP contribution in [0.2, 0.25) is 0 Å². The zero-order valence-electron chi connectivity index (χ0n) is 16.1. The van der Waals surface area contributed by atoms with Crippen molar-refractivity contribution in [3.05, 3.63) is 41.8 Å². The molecule has 1 aliphatic heterocycles. The maximum atomic E-state index is 12.9. The fraction of sp³-hybridized carbons (Fsp3) is 0.545. The highest BCUT2D eigenvalue weighted by Crippen LogP contribution is 2.44. The molecule has 3 atom stereocenters. The van der Waals surface area contributed by atoms with E-state index in [1.165, 1.54) is 0 Å². The number of aryl methyl sites for hydroxylation is 1. The molecule has 27 heavy (non-hydrogen) atoms. The van der Waals surface area contributed by atoms with Crippen molar-refractivity contribution in [2.24, 2.45) is 11.8 Å². The van der Waals surface area contributed by atoms with Gasteiger partial charge in [0.15, 0.2) is 0 Å². The third-order valence-electron chi connectivity index (χ3n) is 6.51. The number of oxazole rings is 1. The molecule has 2 aliphatic rings. The topological polar surface area (TPSA) is 66.6 Å². The van der Waals surface area contributed by atoms with E-state index >= 15 is 0 Å². The van der Waals surface area contributed by atoms with E-state index in [4.69, 9.17) is 4.42 Å². The first-order valence-electron chi connectivity index (χ1n) is 10.0. The number of carbonyl (C=O) groups is 1. The number of aliphatic hydroxyl groups is 1. The van der Waals surface area contributed by atoms with Gasteiger partial charge in [-0.25, -0.2) is 4.98 Å². The van der Waals surface area contributed by atoms with Crippen molar-refractivity contribution < 1.29 is 14.3 Å². The fourth-order valence-corrected chi connectivity index (χ4v) is 4.82. The first-order valence-corrected chi connectivity index (χ1v) is 10.0. The number of amides is 1. The van der Waals surface area contributed by atoms with Crippen LogP contribution < -0.4 is 0 Å². The minimum Gasteiger partial charge on any atom is -0.441 e. The number of carbonyl (C=O) groups excluding carboxylic acids is 1. The molecule has 1 amide bonds. The van der Waals surface area contributed by atoms with Gasteiger partial charge in [0, 0.05) is 24.6 Å². The molecule has 2 fully saturated rings. The quantitative estimate of drug-likeness (QED) is 0.896. The van der Waals surface area contributed by atoms with Crippen LogP contribution in [0.15, 0.2) is 34.7 Å². The predicted octanol–water partition coefficient (Wildman–Crippen LogP) is 3.59. The van der Waals surface area contributed by atoms with Crippen LogP contribution in [0.25, 0.3) is 11.5 Å². The van der Waals surface area contributed by atoms with E-state index in [1.54, 1.807) is 0 Å². The normalized spacial score (nSPS) is 27.6. The Balaban J connectivity index is 1.47. The molecule has 5 nitrogen and oxygen atoms in total. The van der Waals surface area contributed by atoms with Crippen molar-refractivity contribution in [3.63, 3.8) is 0 Å². The number of nitrogens with zero attached hydrogens (tertiary/aromatic N) is 2. The molecule has 1 aliphatic carbocycles. The summed E-state index contributed by atoms with van der Waals surface area (Å²) in [5.74, 6) is 1.97. The molecule has 1 N–H and O–H groups in total. The lowest BCUT2D eigenvalue weighted by molar-refractivity contribution is -0.130. The van der Waals surface area contributed by atoms with E-state index in [0.29, 0.717) is 29.8 Å². The van der Waals surface area contributed by atoms with Crippen LogP contribution in [0.1, 0.15) is 44.1 Å². The van der Waals surface area contributed by atoms with Gasteiger partial charge in [0.2, 0.25) is 11.8 Å². The molecule has 2 heterocycles. The number of hydrogen-bond donors (Lipinski definition) is 1. The van der Waals surface area contributed by atoms with Crippen LogP contribution >= 0.6 is 0 Å². The smallest absolute Gasteiger partial charge is 0.228 e. The molecular weight excluding hydrogens is 340 g/mol. The van der Waals surface area contributed by atoms with Crippen LogP contribution in [0.4, 0.5) is 0 Å². The van der Waals surface area contributed by atoms with Gasteiger partial charge in [-0.15, -0.1) is 0 Å². The summed E-state index contributed by atoms with van der Waals surface area (Å²) in [5, 5.41) is 10.9. The summed E-state index contributed by atoms with van der Waals surface area (Å²) in [6.45, 7) is 5.34. The summed E-state index contributed by atoms with van der Waals surface area (Å²) in [5.41, 5.74) is 1.02. The Morgan fingerprint density at radius 3 is 2.85 bits per heavy atom. The Hall–Kier alpha value is -2.14. The van der Waals surface area contributed by atoms with Gasteiger partial charge in [-0.3, -0.25) is 4.79 Å². The number of benzene rings is 1. The molecule has 5 heteroatoms. The molecule has 1 saturated carbocycles. The van der Waals surface area contributed by atoms with Crippen molar-refractivity contribution in [3.8, 4) is 11.5 Å². The average Bonchev–Trinajstić information content (AvgIpc) is 3.28. The van der Waals surface area contributed by atoms with Crippen LogP contribution in [-0.4, -0.2) is 39.6 Å². The van der Waals surface area contributed by atoms with Crippen LogP contribution in [0.5, 0.6) is 0 Å². The Bertz CT molecular complexity index is 816. The van der Waals surface area contributed by atoms with Gasteiger partial charge < -0.3 is 14.4 Å². The third kappa shape index (κ3) is 3.41. The summed E-state index contributed by atoms with van der Waals surface area (Å²) in [7, 11) is 0. The van der Waals surface area contributed by atoms with E-state index in [2.05, 4.69) is 11.9 Å². The molecule has 1 aromatic heterocycles. The van der Waals surface area contributed by atoms with Crippen molar-refractivity contribution >= 4 is 5.91 Å². The minimum absolute atomic E-state index is 0.0823. The van der Waals surface area contributed by atoms with Gasteiger partial charge in [0.1, 0.15) is 5.76 Å². The van der Waals surface area contributed by atoms with E-state index in [9.17, 15) is 9.90 Å². The van der Waals surface area contributed by atoms with E-state index < -0.39 is 5.60 Å². The lowest BCUT2D eigenvalue weighted by atomic mass is 9.69. The van der Waals surface area contributed by atoms with Crippen molar-refractivity contribution in [1.29, 1.82) is 0 Å². The van der Waals surface area contributed by atoms with E-state index in [-0.39, 0.29) is 18.2 Å². The lowest BCUT2D eigenvalue weighted by Gasteiger charge is -2.40. The Morgan fingerprint density at radius 2 is 2.11 bits per heavy atom. The molecule has 1 saturated heterocycles. The summed E-state index contributed by atoms with van der Waals surface area (Å²) in [4.78, 5) is 19.4. The molecular formula is C22H28N2O3. The summed E-state index contributed by atoms with van der Waals surface area (Å²) in [6.07, 6.45) is 4.04. The molecule has 0 unspecified atom stereocenters. The highest BCUT2D eigenvalue weighted by Gasteiger charge is 2.48. The Morgan fingerprint density at radius 1 is 1.33 bits per heavy atom. The molecule has 4 rings (SSSR count). The number of likely N-dealkylation sites (tertiary alicyclic amines) is 1. The summed E-state index contributed by atoms with van der Waals surface area (Å²) >= 11 is 0. The van der Waals surface area contributed by atoms with Crippen molar-refractivity contribution in [2.75, 3.05) is 13.1 Å². The fourth-order valence-electron chi connectivity index (χ4n) is 4.82. The van der Waals surface area contributed by atoms with E-state index in [1.807, 2.05) is 42.2 Å². The average molecular weight is 368 g/mol. The Labute approximate surface area is 160 Å². The second kappa shape index (κ2) is 7.12. The van der Waals surface area contributed by atoms with Gasteiger partial charge in [-0.1, -0.05) is 31.5 Å². The first-order chi connectivity index (χ1) is 13.0. The standard InChI is InChI=1S/C22H28N2O3/c1-3-22(26)11-7-10-17-13-24(14-18(17)22)20(25)12-19-15(2)27-21(23-19)16-8-5-4-6-9-16/h4-6,8-9,17-18,26H,3,7,10-14H2,1-2H3/t17-,18+,22-/m0/s1. The molecule has 0 bridgehead atoms. The summed E-state index contributed by atoms with van der Waals surface area (Å²) in [6, 6.07) is 9.75. The minimum atomic E-state index is -0.609. The SMILES string of the molecule is CC[C@]1(O)CCC[C@H]2CN(C(=O)Cc3nc(-c4ccccc4)oc3C)C[C@H]21. The first kappa shape index (κ1) is 18.2. The second-order valence-electron chi connectivity index (χ2n) is 8.08. The van der Waals surface area contributed by atoms with Gasteiger partial charge in [0.25, 0.3) is 0 Å². The molecule has 0 spiro atoms. The molecule has 2 aromatic rings. The monoisotopic (exact) mass is 368 g/mol. The zero-order chi connectivity index (χ0) is 19.0. The molecule has 1 aromatic carbocycles. The lowest BCUT2D eigenvalue weighted by Crippen LogP contribution is -2.44. The highest BCUT2D eigenvalue weighted by molar-refractivity contribution is 5.79. The second-order valence-corrected chi connectivity index (χ2v) is 8.08. The number of aromatic nitrogens is 1. The van der Waals surface area contributed by atoms with Gasteiger partial charge in [0.05, 0.1) is 17.7 Å². The van der Waals surface area contributed by atoms with Crippen molar-refractivity contribution in [1.82, 2.24) is 9.88 Å². The summed E-state index contributed by atoms with van der Waals surface area (Å²) < 4.78 is 5.79. The van der Waals surface area contributed by atoms with Gasteiger partial charge in [-0.2, -0.15) is 0 Å². The largest absolute Gasteiger partial charge is 0.441 e. The number of rotatable bonds is 4. The number of fused-ring (bicyclic) bond motifs is 1. The molecule has 144 valence electrons.